The molecule has 112 valence electrons. The molecule has 4 rings (SSSR count). The van der Waals surface area contributed by atoms with Crippen LogP contribution in [0.3, 0.4) is 0 Å². The molecule has 0 unspecified atom stereocenters. The zero-order chi connectivity index (χ0) is 15.3. The number of hydrogen-bond acceptors (Lipinski definition) is 3. The van der Waals surface area contributed by atoms with Crippen molar-refractivity contribution in [3.05, 3.63) is 39.3 Å². The Balaban J connectivity index is 2.17. The van der Waals surface area contributed by atoms with Gasteiger partial charge in [-0.1, -0.05) is 6.07 Å². The number of aromatic nitrogens is 4. The lowest BCUT2D eigenvalue weighted by Crippen LogP contribution is -2.09. The van der Waals surface area contributed by atoms with Crippen molar-refractivity contribution in [3.8, 4) is 11.4 Å². The Hall–Kier alpha value is -2.01. The van der Waals surface area contributed by atoms with Crippen LogP contribution in [0.4, 0.5) is 0 Å². The molecule has 0 amide bonds. The van der Waals surface area contributed by atoms with Gasteiger partial charge in [0.25, 0.3) is 0 Å². The van der Waals surface area contributed by atoms with E-state index in [0.29, 0.717) is 4.77 Å². The molecule has 0 aliphatic heterocycles. The van der Waals surface area contributed by atoms with Gasteiger partial charge in [-0.05, 0) is 74.5 Å². The zero-order valence-corrected chi connectivity index (χ0v) is 13.6. The molecule has 0 fully saturated rings. The lowest BCUT2D eigenvalue weighted by Gasteiger charge is -2.21. The highest BCUT2D eigenvalue weighted by molar-refractivity contribution is 7.71. The molecule has 2 aromatic heterocycles. The van der Waals surface area contributed by atoms with Crippen LogP contribution in [-0.2, 0) is 12.8 Å². The van der Waals surface area contributed by atoms with Gasteiger partial charge in [-0.25, -0.2) is 0 Å². The van der Waals surface area contributed by atoms with Gasteiger partial charge >= 0.3 is 0 Å². The van der Waals surface area contributed by atoms with Crippen LogP contribution in [0.15, 0.2) is 12.1 Å². The van der Waals surface area contributed by atoms with Gasteiger partial charge in [-0.2, -0.15) is 4.98 Å². The molecule has 1 aliphatic carbocycles. The summed E-state index contributed by atoms with van der Waals surface area (Å²) in [6.45, 7) is 4.27. The lowest BCUT2D eigenvalue weighted by atomic mass is 9.88. The van der Waals surface area contributed by atoms with E-state index in [4.69, 9.17) is 17.2 Å². The van der Waals surface area contributed by atoms with Crippen LogP contribution in [0.1, 0.15) is 35.2 Å². The minimum atomic E-state index is 0.495. The van der Waals surface area contributed by atoms with Crippen molar-refractivity contribution in [1.82, 2.24) is 20.2 Å². The molecule has 2 N–H and O–H groups in total. The van der Waals surface area contributed by atoms with E-state index in [9.17, 15) is 0 Å². The van der Waals surface area contributed by atoms with Gasteiger partial charge in [0, 0.05) is 16.6 Å². The number of hydrogen-bond donors (Lipinski definition) is 2. The quantitative estimate of drug-likeness (QED) is 0.663. The van der Waals surface area contributed by atoms with Gasteiger partial charge in [-0.15, -0.1) is 0 Å². The normalized spacial score (nSPS) is 14.3. The van der Waals surface area contributed by atoms with Crippen LogP contribution in [0.5, 0.6) is 0 Å². The van der Waals surface area contributed by atoms with E-state index in [1.54, 1.807) is 0 Å². The summed E-state index contributed by atoms with van der Waals surface area (Å²) >= 11 is 5.15. The summed E-state index contributed by atoms with van der Waals surface area (Å²) in [5.74, 6) is 0.836. The third kappa shape index (κ3) is 2.08. The highest BCUT2D eigenvalue weighted by atomic mass is 32.1. The Kier molecular flexibility index (Phi) is 3.11. The summed E-state index contributed by atoms with van der Waals surface area (Å²) in [6.07, 6.45) is 4.54. The van der Waals surface area contributed by atoms with Crippen molar-refractivity contribution in [2.24, 2.45) is 0 Å². The van der Waals surface area contributed by atoms with E-state index in [0.717, 1.165) is 24.2 Å². The SMILES string of the molecule is Cc1cc(C)c2c(-c3nc(=S)[nH][nH]3)c3c(nc2c1)CCCC3. The second-order valence-electron chi connectivity index (χ2n) is 6.11. The van der Waals surface area contributed by atoms with Gasteiger partial charge in [-0.3, -0.25) is 15.2 Å². The molecule has 4 nitrogen and oxygen atoms in total. The number of nitrogens with one attached hydrogen (secondary N) is 2. The number of aryl methyl sites for hydroxylation is 3. The number of H-pyrrole nitrogens is 2. The van der Waals surface area contributed by atoms with E-state index in [1.165, 1.54) is 46.2 Å². The van der Waals surface area contributed by atoms with E-state index in [2.05, 4.69) is 41.2 Å². The van der Waals surface area contributed by atoms with Crippen molar-refractivity contribution in [3.63, 3.8) is 0 Å². The first-order chi connectivity index (χ1) is 10.6. The Morgan fingerprint density at radius 1 is 1.05 bits per heavy atom. The van der Waals surface area contributed by atoms with E-state index in [-0.39, 0.29) is 0 Å². The average Bonchev–Trinajstić information content (AvgIpc) is 2.91. The topological polar surface area (TPSA) is 57.4 Å². The van der Waals surface area contributed by atoms with Crippen LogP contribution in [0, 0.1) is 18.6 Å². The molecular weight excluding hydrogens is 292 g/mol. The first kappa shape index (κ1) is 13.6. The van der Waals surface area contributed by atoms with Crippen LogP contribution in [0.2, 0.25) is 0 Å². The van der Waals surface area contributed by atoms with Crippen LogP contribution in [-0.4, -0.2) is 20.2 Å². The molecule has 0 saturated carbocycles. The minimum Gasteiger partial charge on any atom is -0.282 e. The fourth-order valence-electron chi connectivity index (χ4n) is 3.59. The first-order valence-electron chi connectivity index (χ1n) is 7.71. The molecule has 0 radical (unpaired) electrons. The Morgan fingerprint density at radius 3 is 2.64 bits per heavy atom. The molecule has 0 saturated heterocycles. The molecule has 0 bridgehead atoms. The smallest absolute Gasteiger partial charge is 0.213 e. The Morgan fingerprint density at radius 2 is 1.86 bits per heavy atom. The Bertz CT molecular complexity index is 936. The molecule has 0 spiro atoms. The zero-order valence-electron chi connectivity index (χ0n) is 12.8. The van der Waals surface area contributed by atoms with E-state index >= 15 is 0 Å². The van der Waals surface area contributed by atoms with E-state index < -0.39 is 0 Å². The van der Waals surface area contributed by atoms with Crippen molar-refractivity contribution in [1.29, 1.82) is 0 Å². The molecule has 22 heavy (non-hydrogen) atoms. The summed E-state index contributed by atoms with van der Waals surface area (Å²) in [5.41, 5.74) is 7.30. The summed E-state index contributed by atoms with van der Waals surface area (Å²) < 4.78 is 0.495. The number of benzene rings is 1. The lowest BCUT2D eigenvalue weighted by molar-refractivity contribution is 0.672. The largest absolute Gasteiger partial charge is 0.282 e. The molecule has 1 aromatic carbocycles. The van der Waals surface area contributed by atoms with Gasteiger partial charge in [0.15, 0.2) is 5.82 Å². The minimum absolute atomic E-state index is 0.495. The molecule has 5 heteroatoms. The second-order valence-corrected chi connectivity index (χ2v) is 6.50. The first-order valence-corrected chi connectivity index (χ1v) is 8.12. The fourth-order valence-corrected chi connectivity index (χ4v) is 3.73. The number of nitrogens with zero attached hydrogens (tertiary/aromatic N) is 2. The van der Waals surface area contributed by atoms with Crippen molar-refractivity contribution in [2.45, 2.75) is 39.5 Å². The Labute approximate surface area is 134 Å². The van der Waals surface area contributed by atoms with Crippen molar-refractivity contribution in [2.75, 3.05) is 0 Å². The molecule has 0 atom stereocenters. The second kappa shape index (κ2) is 5.02. The standard InChI is InChI=1S/C17H18N4S/c1-9-7-10(2)14-13(8-9)18-12-6-4-3-5-11(12)15(14)16-19-17(22)21-20-16/h7-8H,3-6H2,1-2H3,(H2,19,20,21,22). The highest BCUT2D eigenvalue weighted by Crippen LogP contribution is 2.36. The number of aromatic amines is 2. The summed E-state index contributed by atoms with van der Waals surface area (Å²) in [4.78, 5) is 9.43. The fraction of sp³-hybridized carbons (Fsp3) is 0.353. The maximum atomic E-state index is 5.15. The molecule has 2 heterocycles. The summed E-state index contributed by atoms with van der Waals surface area (Å²) in [7, 11) is 0. The number of rotatable bonds is 1. The van der Waals surface area contributed by atoms with Crippen LogP contribution >= 0.6 is 12.2 Å². The van der Waals surface area contributed by atoms with E-state index in [1.807, 2.05) is 0 Å². The molecular formula is C17H18N4S. The molecule has 1 aliphatic rings. The summed E-state index contributed by atoms with van der Waals surface area (Å²) in [5, 5.41) is 7.26. The number of fused-ring (bicyclic) bond motifs is 2. The average molecular weight is 310 g/mol. The third-order valence-corrected chi connectivity index (χ3v) is 4.64. The van der Waals surface area contributed by atoms with Gasteiger partial charge in [0.05, 0.1) is 5.52 Å². The van der Waals surface area contributed by atoms with Gasteiger partial charge in [0.1, 0.15) is 0 Å². The van der Waals surface area contributed by atoms with Crippen LogP contribution < -0.4 is 0 Å². The summed E-state index contributed by atoms with van der Waals surface area (Å²) in [6, 6.07) is 4.38. The van der Waals surface area contributed by atoms with Crippen molar-refractivity contribution < 1.29 is 0 Å². The molecule has 3 aromatic rings. The van der Waals surface area contributed by atoms with Crippen molar-refractivity contribution >= 4 is 23.1 Å². The maximum Gasteiger partial charge on any atom is 0.213 e. The highest BCUT2D eigenvalue weighted by Gasteiger charge is 2.22. The van der Waals surface area contributed by atoms with Gasteiger partial charge < -0.3 is 0 Å². The van der Waals surface area contributed by atoms with Gasteiger partial charge in [0.2, 0.25) is 4.77 Å². The monoisotopic (exact) mass is 310 g/mol. The predicted octanol–water partition coefficient (Wildman–Crippen LogP) is 4.18. The van der Waals surface area contributed by atoms with Crippen LogP contribution in [0.25, 0.3) is 22.3 Å². The number of pyridine rings is 1. The predicted molar refractivity (Wildman–Crippen MR) is 90.6 cm³/mol. The third-order valence-electron chi connectivity index (χ3n) is 4.44. The maximum absolute atomic E-state index is 5.15.